The molecule has 34 heavy (non-hydrogen) atoms. The van der Waals surface area contributed by atoms with Gasteiger partial charge in [-0.3, -0.25) is 4.79 Å². The molecule has 2 aliphatic carbocycles. The third-order valence-electron chi connectivity index (χ3n) is 7.39. The van der Waals surface area contributed by atoms with Gasteiger partial charge in [0.2, 0.25) is 5.91 Å². The molecule has 10 nitrogen and oxygen atoms in total. The van der Waals surface area contributed by atoms with Crippen LogP contribution in [-0.2, 0) is 4.79 Å². The summed E-state index contributed by atoms with van der Waals surface area (Å²) in [6, 6.07) is 3.73. The smallest absolute Gasteiger partial charge is 0.441 e. The average molecular weight is 472 g/mol. The standard InChI is InChI=1S/C23H31BN3O7/c25-7-8-26-14-3-1-13(2-4-14)9-20(28)27-11-15(12-27)33-19-6-5-16-17-10-18(17)24(31,32)34-22(16)21(19)23(29)30/h5-6,10,13-15,18,26,31-32H,1-4,7-9,11-12,25H2,(H,29,30)/q-1/t13-,14-,18-/m0/s1. The van der Waals surface area contributed by atoms with E-state index in [0.717, 1.165) is 32.2 Å². The summed E-state index contributed by atoms with van der Waals surface area (Å²) in [6.07, 6.45) is 6.01. The fraction of sp³-hybridized carbons (Fsp3) is 0.565. The number of aromatic carboxylic acids is 1. The van der Waals surface area contributed by atoms with Gasteiger partial charge in [-0.25, -0.2) is 4.79 Å². The quantitative estimate of drug-likeness (QED) is 0.341. The normalized spacial score (nSPS) is 27.0. The molecule has 0 spiro atoms. The fourth-order valence-corrected chi connectivity index (χ4v) is 5.37. The SMILES string of the molecule is NCCN[C@H]1CC[C@H](CC(=O)N2CC(Oc3ccc4c(c3C(=O)O)O[B-](O)(O)[C@H]3C=C43)C2)CC1. The van der Waals surface area contributed by atoms with Crippen LogP contribution in [0.25, 0.3) is 5.57 Å². The predicted molar refractivity (Wildman–Crippen MR) is 124 cm³/mol. The van der Waals surface area contributed by atoms with E-state index >= 15 is 0 Å². The molecule has 0 radical (unpaired) electrons. The molecule has 0 aromatic heterocycles. The van der Waals surface area contributed by atoms with Crippen LogP contribution in [0.3, 0.4) is 0 Å². The van der Waals surface area contributed by atoms with Gasteiger partial charge in [0.1, 0.15) is 17.4 Å². The summed E-state index contributed by atoms with van der Waals surface area (Å²) >= 11 is 0. The summed E-state index contributed by atoms with van der Waals surface area (Å²) in [4.78, 5) is 26.4. The van der Waals surface area contributed by atoms with Gasteiger partial charge in [0.15, 0.2) is 0 Å². The second-order valence-electron chi connectivity index (χ2n) is 9.85. The molecule has 2 aliphatic heterocycles. The van der Waals surface area contributed by atoms with Crippen LogP contribution >= 0.6 is 0 Å². The maximum atomic E-state index is 12.7. The minimum absolute atomic E-state index is 0.0844. The third kappa shape index (κ3) is 4.40. The van der Waals surface area contributed by atoms with E-state index in [1.807, 2.05) is 0 Å². The number of carbonyl (C=O) groups is 2. The van der Waals surface area contributed by atoms with E-state index in [-0.39, 0.29) is 29.1 Å². The van der Waals surface area contributed by atoms with Gasteiger partial charge in [-0.15, -0.1) is 6.08 Å². The van der Waals surface area contributed by atoms with Crippen molar-refractivity contribution in [3.05, 3.63) is 29.3 Å². The van der Waals surface area contributed by atoms with Crippen LogP contribution in [0.2, 0.25) is 5.82 Å². The first-order valence-electron chi connectivity index (χ1n) is 12.1. The molecule has 2 heterocycles. The van der Waals surface area contributed by atoms with Crippen molar-refractivity contribution in [1.29, 1.82) is 0 Å². The zero-order chi connectivity index (χ0) is 24.0. The molecule has 1 atom stereocenters. The van der Waals surface area contributed by atoms with Crippen molar-refractivity contribution in [2.45, 2.75) is 50.1 Å². The number of nitrogens with one attached hydrogen (secondary N) is 1. The Kier molecular flexibility index (Phi) is 6.05. The largest absolute Gasteiger partial charge is 0.668 e. The van der Waals surface area contributed by atoms with Crippen molar-refractivity contribution in [3.63, 3.8) is 0 Å². The number of allylic oxidation sites excluding steroid dienone is 2. The number of benzene rings is 1. The van der Waals surface area contributed by atoms with Gasteiger partial charge in [0.25, 0.3) is 0 Å². The summed E-state index contributed by atoms with van der Waals surface area (Å²) in [6.45, 7) is -0.934. The lowest BCUT2D eigenvalue weighted by Gasteiger charge is -2.41. The van der Waals surface area contributed by atoms with Gasteiger partial charge in [-0.1, -0.05) is 5.57 Å². The summed E-state index contributed by atoms with van der Waals surface area (Å²) in [7, 11) is 0. The van der Waals surface area contributed by atoms with Crippen LogP contribution in [0.5, 0.6) is 11.5 Å². The van der Waals surface area contributed by atoms with Crippen LogP contribution in [0.15, 0.2) is 18.2 Å². The Labute approximate surface area is 197 Å². The highest BCUT2D eigenvalue weighted by Crippen LogP contribution is 2.57. The number of carboxylic acid groups (broad SMARTS) is 1. The molecule has 1 saturated heterocycles. The van der Waals surface area contributed by atoms with Gasteiger partial charge in [-0.2, -0.15) is 0 Å². The Morgan fingerprint density at radius 1 is 1.21 bits per heavy atom. The molecule has 1 saturated carbocycles. The summed E-state index contributed by atoms with van der Waals surface area (Å²) in [5, 5.41) is 33.4. The monoisotopic (exact) mass is 472 g/mol. The topological polar surface area (TPSA) is 155 Å². The Morgan fingerprint density at radius 3 is 2.62 bits per heavy atom. The number of hydrogen-bond acceptors (Lipinski definition) is 8. The molecule has 4 aliphatic rings. The second-order valence-corrected chi connectivity index (χ2v) is 9.85. The lowest BCUT2D eigenvalue weighted by atomic mass is 9.67. The van der Waals surface area contributed by atoms with Gasteiger partial charge >= 0.3 is 12.7 Å². The molecule has 1 aromatic carbocycles. The minimum Gasteiger partial charge on any atom is -0.668 e. The molecule has 11 heteroatoms. The molecule has 1 aromatic rings. The van der Waals surface area contributed by atoms with Crippen LogP contribution in [-0.4, -0.2) is 77.0 Å². The van der Waals surface area contributed by atoms with E-state index in [1.54, 1.807) is 23.1 Å². The van der Waals surface area contributed by atoms with Gasteiger partial charge < -0.3 is 40.5 Å². The number of fused-ring (bicyclic) bond motifs is 3. The molecular weight excluding hydrogens is 441 g/mol. The number of nitrogens with two attached hydrogens (primary N) is 1. The number of carboxylic acids is 1. The number of rotatable bonds is 8. The van der Waals surface area contributed by atoms with Gasteiger partial charge in [0.05, 0.1) is 18.8 Å². The number of likely N-dealkylation sites (tertiary alicyclic amines) is 1. The highest BCUT2D eigenvalue weighted by Gasteiger charge is 2.49. The lowest BCUT2D eigenvalue weighted by molar-refractivity contribution is -0.141. The van der Waals surface area contributed by atoms with Crippen LogP contribution < -0.4 is 20.4 Å². The minimum atomic E-state index is -3.17. The summed E-state index contributed by atoms with van der Waals surface area (Å²) in [5.41, 5.74) is 6.52. The van der Waals surface area contributed by atoms with E-state index in [9.17, 15) is 24.7 Å². The maximum absolute atomic E-state index is 12.7. The van der Waals surface area contributed by atoms with Crippen LogP contribution in [0.4, 0.5) is 0 Å². The van der Waals surface area contributed by atoms with Crippen molar-refractivity contribution in [1.82, 2.24) is 10.2 Å². The predicted octanol–water partition coefficient (Wildman–Crippen LogP) is 0.555. The number of carbonyl (C=O) groups excluding carboxylic acids is 1. The number of nitrogens with zero attached hydrogens (tertiary/aromatic N) is 1. The molecule has 0 unspecified atom stereocenters. The first kappa shape index (κ1) is 23.2. The van der Waals surface area contributed by atoms with Crippen molar-refractivity contribution in [2.75, 3.05) is 26.2 Å². The molecule has 184 valence electrons. The Morgan fingerprint density at radius 2 is 1.94 bits per heavy atom. The summed E-state index contributed by atoms with van der Waals surface area (Å²) < 4.78 is 11.2. The first-order valence-corrected chi connectivity index (χ1v) is 12.1. The van der Waals surface area contributed by atoms with Crippen molar-refractivity contribution in [3.8, 4) is 11.5 Å². The highest BCUT2D eigenvalue weighted by molar-refractivity contribution is 6.66. The third-order valence-corrected chi connectivity index (χ3v) is 7.39. The molecule has 0 bridgehead atoms. The van der Waals surface area contributed by atoms with E-state index in [4.69, 9.17) is 15.1 Å². The van der Waals surface area contributed by atoms with Gasteiger partial charge in [0, 0.05) is 31.1 Å². The number of ether oxygens (including phenoxy) is 1. The van der Waals surface area contributed by atoms with Crippen molar-refractivity contribution >= 4 is 24.2 Å². The van der Waals surface area contributed by atoms with E-state index in [2.05, 4.69) is 5.32 Å². The Bertz CT molecular complexity index is 1020. The zero-order valence-corrected chi connectivity index (χ0v) is 19.0. The Balaban J connectivity index is 1.15. The highest BCUT2D eigenvalue weighted by atomic mass is 16.6. The van der Waals surface area contributed by atoms with E-state index < -0.39 is 18.5 Å². The second kappa shape index (κ2) is 8.88. The average Bonchev–Trinajstić information content (AvgIpc) is 3.57. The van der Waals surface area contributed by atoms with Gasteiger partial charge in [-0.05, 0) is 49.6 Å². The van der Waals surface area contributed by atoms with E-state index in [1.165, 1.54) is 0 Å². The molecular formula is C23H31BN3O7-. The van der Waals surface area contributed by atoms with Crippen molar-refractivity contribution in [2.24, 2.45) is 11.7 Å². The molecule has 1 amide bonds. The van der Waals surface area contributed by atoms with Crippen LogP contribution in [0.1, 0.15) is 48.0 Å². The molecule has 5 rings (SSSR count). The number of hydrogen-bond donors (Lipinski definition) is 5. The fourth-order valence-electron chi connectivity index (χ4n) is 5.37. The molecule has 6 N–H and O–H groups in total. The van der Waals surface area contributed by atoms with E-state index in [0.29, 0.717) is 49.2 Å². The first-order chi connectivity index (χ1) is 16.3. The Hall–Kier alpha value is -2.60. The lowest BCUT2D eigenvalue weighted by Crippen LogP contribution is -2.56. The number of amides is 1. The molecule has 2 fully saturated rings. The van der Waals surface area contributed by atoms with Crippen molar-refractivity contribution < 1.29 is 34.1 Å². The zero-order valence-electron chi connectivity index (χ0n) is 19.0. The summed E-state index contributed by atoms with van der Waals surface area (Å²) in [5.74, 6) is -1.37. The van der Waals surface area contributed by atoms with Crippen LogP contribution in [0, 0.1) is 5.92 Å². The maximum Gasteiger partial charge on any atom is 0.441 e.